The fourth-order valence-electron chi connectivity index (χ4n) is 5.68. The van der Waals surface area contributed by atoms with E-state index in [1.807, 2.05) is 0 Å². The number of rotatable bonds is 12. The molecule has 5 rings (SSSR count). The van der Waals surface area contributed by atoms with Crippen LogP contribution >= 0.6 is 0 Å². The first-order valence-electron chi connectivity index (χ1n) is 13.7. The summed E-state index contributed by atoms with van der Waals surface area (Å²) in [7, 11) is 0. The summed E-state index contributed by atoms with van der Waals surface area (Å²) in [4.78, 5) is 59.2. The van der Waals surface area contributed by atoms with Crippen molar-refractivity contribution in [3.63, 3.8) is 0 Å². The Morgan fingerprint density at radius 3 is 1.33 bits per heavy atom. The highest BCUT2D eigenvalue weighted by Crippen LogP contribution is 2.35. The van der Waals surface area contributed by atoms with Crippen molar-refractivity contribution in [2.75, 3.05) is 36.0 Å². The summed E-state index contributed by atoms with van der Waals surface area (Å²) < 4.78 is 0. The van der Waals surface area contributed by atoms with Gasteiger partial charge in [-0.3, -0.25) is 29.0 Å². The lowest BCUT2D eigenvalue weighted by atomic mass is 10.1. The molecule has 194 valence electrons. The number of anilines is 2. The molecule has 2 aliphatic heterocycles. The van der Waals surface area contributed by atoms with Crippen LogP contribution in [0.3, 0.4) is 0 Å². The molecule has 0 spiro atoms. The van der Waals surface area contributed by atoms with Gasteiger partial charge in [0.25, 0.3) is 11.8 Å². The average molecular weight is 495 g/mol. The first kappa shape index (κ1) is 25.1. The Morgan fingerprint density at radius 1 is 0.667 bits per heavy atom. The first-order valence-corrected chi connectivity index (χ1v) is 13.7. The maximum atomic E-state index is 13.3. The second-order valence-electron chi connectivity index (χ2n) is 11.0. The van der Waals surface area contributed by atoms with E-state index in [-0.39, 0.29) is 36.5 Å². The van der Waals surface area contributed by atoms with Crippen LogP contribution in [0.1, 0.15) is 65.2 Å². The van der Waals surface area contributed by atoms with Crippen molar-refractivity contribution in [1.29, 1.82) is 0 Å². The fourth-order valence-corrected chi connectivity index (χ4v) is 5.68. The lowest BCUT2D eigenvalue weighted by Gasteiger charge is -2.27. The Labute approximate surface area is 213 Å². The summed E-state index contributed by atoms with van der Waals surface area (Å²) in [6.45, 7) is 7.56. The second-order valence-corrected chi connectivity index (χ2v) is 11.0. The topological polar surface area (TPSA) is 81.2 Å². The SMILES string of the molecule is CCCN(CC1CC1)[C@H]1CC(=O)N(c2ccc(N3C(=O)C[C@H](N(CCC)CC4CC4)C3=O)cc2)C1=O. The second kappa shape index (κ2) is 10.4. The number of benzene rings is 1. The van der Waals surface area contributed by atoms with Gasteiger partial charge in [-0.05, 0) is 87.7 Å². The van der Waals surface area contributed by atoms with Gasteiger partial charge in [0.05, 0.1) is 36.3 Å². The smallest absolute Gasteiger partial charge is 0.251 e. The van der Waals surface area contributed by atoms with Crippen LogP contribution in [0.25, 0.3) is 0 Å². The number of hydrogen-bond donors (Lipinski definition) is 0. The standard InChI is InChI=1S/C28H38N4O4/c1-3-13-29(17-19-5-6-19)23-15-25(33)31(27(23)35)21-9-11-22(12-10-21)32-26(34)16-24(28(32)36)30(14-4-2)18-20-7-8-20/h9-12,19-20,23-24H,3-8,13-18H2,1-2H3/t23-,24-/m0/s1. The van der Waals surface area contributed by atoms with Gasteiger partial charge in [0.15, 0.2) is 0 Å². The van der Waals surface area contributed by atoms with Gasteiger partial charge >= 0.3 is 0 Å². The predicted molar refractivity (Wildman–Crippen MR) is 137 cm³/mol. The van der Waals surface area contributed by atoms with Gasteiger partial charge < -0.3 is 0 Å². The van der Waals surface area contributed by atoms with Crippen molar-refractivity contribution in [3.05, 3.63) is 24.3 Å². The third-order valence-electron chi connectivity index (χ3n) is 7.89. The van der Waals surface area contributed by atoms with Crippen molar-refractivity contribution in [2.24, 2.45) is 11.8 Å². The molecule has 0 aromatic heterocycles. The molecule has 4 fully saturated rings. The van der Waals surface area contributed by atoms with Gasteiger partial charge in [0.1, 0.15) is 0 Å². The minimum Gasteiger partial charge on any atom is -0.291 e. The van der Waals surface area contributed by atoms with E-state index in [2.05, 4.69) is 23.6 Å². The summed E-state index contributed by atoms with van der Waals surface area (Å²) >= 11 is 0. The van der Waals surface area contributed by atoms with Gasteiger partial charge in [-0.25, -0.2) is 9.80 Å². The van der Waals surface area contributed by atoms with E-state index < -0.39 is 12.1 Å². The summed E-state index contributed by atoms with van der Waals surface area (Å²) in [5.41, 5.74) is 0.993. The van der Waals surface area contributed by atoms with Crippen LogP contribution in [0.2, 0.25) is 0 Å². The quantitative estimate of drug-likeness (QED) is 0.415. The molecule has 8 heteroatoms. The van der Waals surface area contributed by atoms with E-state index in [1.54, 1.807) is 24.3 Å². The lowest BCUT2D eigenvalue weighted by Crippen LogP contribution is -2.43. The molecular weight excluding hydrogens is 456 g/mol. The van der Waals surface area contributed by atoms with E-state index in [4.69, 9.17) is 0 Å². The molecule has 2 atom stereocenters. The molecule has 8 nitrogen and oxygen atoms in total. The van der Waals surface area contributed by atoms with Crippen molar-refractivity contribution >= 4 is 35.0 Å². The summed E-state index contributed by atoms with van der Waals surface area (Å²) in [5.74, 6) is 0.544. The Morgan fingerprint density at radius 2 is 1.03 bits per heavy atom. The number of imide groups is 2. The molecule has 2 saturated heterocycles. The van der Waals surface area contributed by atoms with Crippen molar-refractivity contribution in [1.82, 2.24) is 9.80 Å². The van der Waals surface area contributed by atoms with E-state index in [0.29, 0.717) is 23.2 Å². The third kappa shape index (κ3) is 5.11. The Hall–Kier alpha value is -2.58. The molecular formula is C28H38N4O4. The van der Waals surface area contributed by atoms with Gasteiger partial charge in [-0.1, -0.05) is 13.8 Å². The Kier molecular flexibility index (Phi) is 7.26. The first-order chi connectivity index (χ1) is 17.4. The van der Waals surface area contributed by atoms with Crippen LogP contribution in [0, 0.1) is 11.8 Å². The summed E-state index contributed by atoms with van der Waals surface area (Å²) in [6, 6.07) is 5.91. The van der Waals surface area contributed by atoms with Gasteiger partial charge in [-0.2, -0.15) is 0 Å². The molecule has 4 aliphatic rings. The molecule has 0 bridgehead atoms. The monoisotopic (exact) mass is 494 g/mol. The molecule has 4 amide bonds. The minimum atomic E-state index is -0.406. The Bertz CT molecular complexity index is 936. The normalized spacial score (nSPS) is 24.8. The number of nitrogens with zero attached hydrogens (tertiary/aromatic N) is 4. The van der Waals surface area contributed by atoms with Gasteiger partial charge in [0.2, 0.25) is 11.8 Å². The predicted octanol–water partition coefficient (Wildman–Crippen LogP) is 3.19. The maximum Gasteiger partial charge on any atom is 0.251 e. The van der Waals surface area contributed by atoms with E-state index in [1.165, 1.54) is 35.5 Å². The number of carbonyl (C=O) groups excluding carboxylic acids is 4. The summed E-state index contributed by atoms with van der Waals surface area (Å²) in [6.07, 6.45) is 7.08. The third-order valence-corrected chi connectivity index (χ3v) is 7.89. The molecule has 36 heavy (non-hydrogen) atoms. The maximum absolute atomic E-state index is 13.3. The number of hydrogen-bond acceptors (Lipinski definition) is 6. The number of amides is 4. The van der Waals surface area contributed by atoms with Crippen LogP contribution < -0.4 is 9.80 Å². The summed E-state index contributed by atoms with van der Waals surface area (Å²) in [5, 5.41) is 0. The van der Waals surface area contributed by atoms with E-state index >= 15 is 0 Å². The van der Waals surface area contributed by atoms with Crippen molar-refractivity contribution in [2.45, 2.75) is 77.3 Å². The average Bonchev–Trinajstić information content (AvgIpc) is 3.78. The zero-order valence-electron chi connectivity index (χ0n) is 21.5. The number of carbonyl (C=O) groups is 4. The minimum absolute atomic E-state index is 0.175. The molecule has 1 aromatic rings. The van der Waals surface area contributed by atoms with Crippen molar-refractivity contribution < 1.29 is 19.2 Å². The molecule has 0 unspecified atom stereocenters. The molecule has 2 heterocycles. The van der Waals surface area contributed by atoms with Crippen LogP contribution in [0.4, 0.5) is 11.4 Å². The zero-order chi connectivity index (χ0) is 25.4. The Balaban J connectivity index is 1.29. The highest BCUT2D eigenvalue weighted by atomic mass is 16.2. The van der Waals surface area contributed by atoms with E-state index in [9.17, 15) is 19.2 Å². The molecule has 1 aromatic carbocycles. The molecule has 0 N–H and O–H groups in total. The highest BCUT2D eigenvalue weighted by molar-refractivity contribution is 6.24. The van der Waals surface area contributed by atoms with Crippen LogP contribution in [0.15, 0.2) is 24.3 Å². The largest absolute Gasteiger partial charge is 0.291 e. The van der Waals surface area contributed by atoms with Gasteiger partial charge in [0, 0.05) is 13.1 Å². The fraction of sp³-hybridized carbons (Fsp3) is 0.643. The molecule has 0 radical (unpaired) electrons. The molecule has 2 aliphatic carbocycles. The zero-order valence-corrected chi connectivity index (χ0v) is 21.5. The molecule has 2 saturated carbocycles. The van der Waals surface area contributed by atoms with E-state index in [0.717, 1.165) is 39.0 Å². The lowest BCUT2D eigenvalue weighted by molar-refractivity contribution is -0.124. The van der Waals surface area contributed by atoms with Gasteiger partial charge in [-0.15, -0.1) is 0 Å². The van der Waals surface area contributed by atoms with Crippen molar-refractivity contribution in [3.8, 4) is 0 Å². The van der Waals surface area contributed by atoms with Crippen LogP contribution in [0.5, 0.6) is 0 Å². The highest BCUT2D eigenvalue weighted by Gasteiger charge is 2.45. The van der Waals surface area contributed by atoms with Crippen LogP contribution in [-0.4, -0.2) is 71.7 Å². The van der Waals surface area contributed by atoms with Crippen LogP contribution in [-0.2, 0) is 19.2 Å².